The maximum atomic E-state index is 6.25. The fraction of sp³-hybridized carbons (Fsp3) is 0.429. The lowest BCUT2D eigenvalue weighted by Gasteiger charge is -2.41. The topological polar surface area (TPSA) is 58.2 Å². The van der Waals surface area contributed by atoms with Gasteiger partial charge in [0, 0.05) is 31.5 Å². The second-order valence-corrected chi connectivity index (χ2v) is 6.79. The van der Waals surface area contributed by atoms with Crippen LogP contribution in [0.2, 0.25) is 0 Å². The van der Waals surface area contributed by atoms with Gasteiger partial charge in [0.25, 0.3) is 0 Å². The van der Waals surface area contributed by atoms with Crippen LogP contribution in [0.15, 0.2) is 30.3 Å². The van der Waals surface area contributed by atoms with Crippen molar-refractivity contribution in [3.63, 3.8) is 0 Å². The Kier molecular flexibility index (Phi) is 4.85. The molecule has 6 nitrogen and oxygen atoms in total. The average Bonchev–Trinajstić information content (AvgIpc) is 2.72. The molecular weight excluding hydrogens is 346 g/mol. The molecule has 1 N–H and O–H groups in total. The Morgan fingerprint density at radius 2 is 1.59 bits per heavy atom. The van der Waals surface area contributed by atoms with Gasteiger partial charge < -0.3 is 29.0 Å². The summed E-state index contributed by atoms with van der Waals surface area (Å²) in [4.78, 5) is 0. The molecule has 1 saturated heterocycles. The van der Waals surface area contributed by atoms with Crippen LogP contribution in [0.1, 0.15) is 18.4 Å². The molecule has 0 aromatic heterocycles. The summed E-state index contributed by atoms with van der Waals surface area (Å²) < 4.78 is 28.7. The highest BCUT2D eigenvalue weighted by molar-refractivity contribution is 5.72. The minimum absolute atomic E-state index is 0.480. The van der Waals surface area contributed by atoms with Gasteiger partial charge in [0.05, 0.1) is 27.9 Å². The van der Waals surface area contributed by atoms with Crippen LogP contribution >= 0.6 is 0 Å². The molecule has 1 spiro atoms. The van der Waals surface area contributed by atoms with E-state index in [2.05, 4.69) is 17.4 Å². The van der Waals surface area contributed by atoms with Crippen LogP contribution in [-0.4, -0.2) is 40.2 Å². The third-order valence-electron chi connectivity index (χ3n) is 5.21. The number of rotatable bonds is 4. The fourth-order valence-corrected chi connectivity index (χ4v) is 3.71. The van der Waals surface area contributed by atoms with E-state index in [9.17, 15) is 0 Å². The molecule has 2 aromatic rings. The van der Waals surface area contributed by atoms with Crippen molar-refractivity contribution in [2.75, 3.05) is 34.4 Å². The molecule has 0 unspecified atom stereocenters. The van der Waals surface area contributed by atoms with Gasteiger partial charge in [-0.25, -0.2) is 0 Å². The first-order chi connectivity index (χ1) is 13.2. The maximum absolute atomic E-state index is 6.25. The summed E-state index contributed by atoms with van der Waals surface area (Å²) >= 11 is 0. The Bertz CT molecular complexity index is 804. The summed E-state index contributed by atoms with van der Waals surface area (Å²) in [5.74, 6) is 2.27. The molecule has 2 aromatic carbocycles. The van der Waals surface area contributed by atoms with Crippen molar-refractivity contribution >= 4 is 0 Å². The lowest BCUT2D eigenvalue weighted by Crippen LogP contribution is -2.49. The van der Waals surface area contributed by atoms with Gasteiger partial charge in [-0.05, 0) is 35.4 Å². The lowest BCUT2D eigenvalue weighted by atomic mass is 9.99. The van der Waals surface area contributed by atoms with Crippen molar-refractivity contribution in [1.82, 2.24) is 5.32 Å². The summed E-state index contributed by atoms with van der Waals surface area (Å²) in [6.45, 7) is 2.38. The van der Waals surface area contributed by atoms with E-state index in [0.29, 0.717) is 23.9 Å². The molecule has 0 bridgehead atoms. The van der Waals surface area contributed by atoms with Gasteiger partial charge in [-0.15, -0.1) is 0 Å². The molecule has 0 aliphatic carbocycles. The smallest absolute Gasteiger partial charge is 0.213 e. The molecule has 27 heavy (non-hydrogen) atoms. The quantitative estimate of drug-likeness (QED) is 0.889. The van der Waals surface area contributed by atoms with Crippen LogP contribution in [0.3, 0.4) is 0 Å². The molecule has 4 rings (SSSR count). The number of ether oxygens (including phenoxy) is 5. The molecule has 144 valence electrons. The number of nitrogens with one attached hydrogen (secondary N) is 1. The van der Waals surface area contributed by atoms with Gasteiger partial charge in [0.15, 0.2) is 11.5 Å². The minimum atomic E-state index is -0.480. The van der Waals surface area contributed by atoms with Crippen LogP contribution in [0.5, 0.6) is 23.0 Å². The second-order valence-electron chi connectivity index (χ2n) is 6.79. The zero-order chi connectivity index (χ0) is 18.9. The van der Waals surface area contributed by atoms with Gasteiger partial charge >= 0.3 is 0 Å². The predicted octanol–water partition coefficient (Wildman–Crippen LogP) is 3.37. The maximum Gasteiger partial charge on any atom is 0.213 e. The number of hydrogen-bond donors (Lipinski definition) is 1. The highest BCUT2D eigenvalue weighted by Crippen LogP contribution is 2.43. The molecule has 0 radical (unpaired) electrons. The van der Waals surface area contributed by atoms with E-state index in [0.717, 1.165) is 48.4 Å². The largest absolute Gasteiger partial charge is 0.493 e. The lowest BCUT2D eigenvalue weighted by molar-refractivity contribution is -0.218. The first-order valence-electron chi connectivity index (χ1n) is 9.15. The Morgan fingerprint density at radius 1 is 0.889 bits per heavy atom. The van der Waals surface area contributed by atoms with Crippen molar-refractivity contribution < 1.29 is 23.7 Å². The summed E-state index contributed by atoms with van der Waals surface area (Å²) in [5, 5.41) is 3.35. The van der Waals surface area contributed by atoms with Gasteiger partial charge in [-0.2, -0.15) is 0 Å². The van der Waals surface area contributed by atoms with Crippen LogP contribution in [0.25, 0.3) is 11.1 Å². The van der Waals surface area contributed by atoms with Crippen molar-refractivity contribution in [1.29, 1.82) is 0 Å². The number of methoxy groups -OCH3 is 3. The first-order valence-corrected chi connectivity index (χ1v) is 9.15. The Hall–Kier alpha value is -2.44. The highest BCUT2D eigenvalue weighted by atomic mass is 16.7. The van der Waals surface area contributed by atoms with E-state index < -0.39 is 5.79 Å². The van der Waals surface area contributed by atoms with Crippen LogP contribution in [-0.2, 0) is 11.3 Å². The standard InChI is InChI=1S/C21H25NO5/c1-23-18-11-15(12-19(24-2)20(18)25-3)14-4-5-17-16(10-14)13-26-21(27-17)6-8-22-9-7-21/h4-5,10-12,22H,6-9,13H2,1-3H3. The first kappa shape index (κ1) is 17.9. The van der Waals surface area contributed by atoms with E-state index in [1.165, 1.54) is 0 Å². The van der Waals surface area contributed by atoms with Crippen molar-refractivity contribution in [3.05, 3.63) is 35.9 Å². The molecule has 2 heterocycles. The van der Waals surface area contributed by atoms with E-state index in [1.54, 1.807) is 21.3 Å². The molecule has 6 heteroatoms. The average molecular weight is 371 g/mol. The molecule has 2 aliphatic rings. The van der Waals surface area contributed by atoms with E-state index in [1.807, 2.05) is 18.2 Å². The second kappa shape index (κ2) is 7.29. The number of hydrogen-bond acceptors (Lipinski definition) is 6. The van der Waals surface area contributed by atoms with Crippen molar-refractivity contribution in [2.24, 2.45) is 0 Å². The molecule has 0 atom stereocenters. The number of piperidine rings is 1. The Labute approximate surface area is 159 Å². The Balaban J connectivity index is 1.67. The zero-order valence-electron chi connectivity index (χ0n) is 16.0. The molecule has 2 aliphatic heterocycles. The van der Waals surface area contributed by atoms with Gasteiger partial charge in [-0.1, -0.05) is 6.07 Å². The Morgan fingerprint density at radius 3 is 2.22 bits per heavy atom. The van der Waals surface area contributed by atoms with Gasteiger partial charge in [0.2, 0.25) is 11.5 Å². The summed E-state index contributed by atoms with van der Waals surface area (Å²) in [5.41, 5.74) is 3.07. The molecular formula is C21H25NO5. The summed E-state index contributed by atoms with van der Waals surface area (Å²) in [6, 6.07) is 10.1. The molecule has 0 amide bonds. The van der Waals surface area contributed by atoms with Gasteiger partial charge in [0.1, 0.15) is 5.75 Å². The molecule has 0 saturated carbocycles. The van der Waals surface area contributed by atoms with E-state index in [4.69, 9.17) is 23.7 Å². The van der Waals surface area contributed by atoms with Gasteiger partial charge in [-0.3, -0.25) is 0 Å². The summed E-state index contributed by atoms with van der Waals surface area (Å²) in [7, 11) is 4.84. The highest BCUT2D eigenvalue weighted by Gasteiger charge is 2.38. The number of benzene rings is 2. The fourth-order valence-electron chi connectivity index (χ4n) is 3.71. The molecule has 1 fully saturated rings. The normalized spacial score (nSPS) is 17.7. The zero-order valence-corrected chi connectivity index (χ0v) is 16.0. The third-order valence-corrected chi connectivity index (χ3v) is 5.21. The summed E-state index contributed by atoms with van der Waals surface area (Å²) in [6.07, 6.45) is 1.72. The van der Waals surface area contributed by atoms with Crippen molar-refractivity contribution in [2.45, 2.75) is 25.2 Å². The van der Waals surface area contributed by atoms with Crippen LogP contribution in [0.4, 0.5) is 0 Å². The van der Waals surface area contributed by atoms with Crippen molar-refractivity contribution in [3.8, 4) is 34.1 Å². The SMILES string of the molecule is COc1cc(-c2ccc3c(c2)COC2(CCNCC2)O3)cc(OC)c1OC. The minimum Gasteiger partial charge on any atom is -0.493 e. The third kappa shape index (κ3) is 3.31. The van der Waals surface area contributed by atoms with Crippen LogP contribution < -0.4 is 24.3 Å². The predicted molar refractivity (Wildman–Crippen MR) is 102 cm³/mol. The monoisotopic (exact) mass is 371 g/mol. The van der Waals surface area contributed by atoms with E-state index >= 15 is 0 Å². The van der Waals surface area contributed by atoms with E-state index in [-0.39, 0.29) is 0 Å². The van der Waals surface area contributed by atoms with Crippen LogP contribution in [0, 0.1) is 0 Å². The number of fused-ring (bicyclic) bond motifs is 1.